The predicted octanol–water partition coefficient (Wildman–Crippen LogP) is 2.66. The molecule has 0 aliphatic rings. The first-order chi connectivity index (χ1) is 10.2. The van der Waals surface area contributed by atoms with Crippen molar-refractivity contribution in [1.82, 2.24) is 14.5 Å². The molecule has 0 unspecified atom stereocenters. The van der Waals surface area contributed by atoms with Crippen LogP contribution in [0.3, 0.4) is 0 Å². The maximum Gasteiger partial charge on any atom is 0.240 e. The lowest BCUT2D eigenvalue weighted by Crippen LogP contribution is -2.30. The summed E-state index contributed by atoms with van der Waals surface area (Å²) in [7, 11) is -3.49. The van der Waals surface area contributed by atoms with Crippen LogP contribution >= 0.6 is 0 Å². The number of rotatable bonds is 5. The smallest absolute Gasteiger partial charge is 0.240 e. The van der Waals surface area contributed by atoms with Gasteiger partial charge >= 0.3 is 0 Å². The topological polar surface area (TPSA) is 64.0 Å². The Morgan fingerprint density at radius 3 is 2.23 bits per heavy atom. The summed E-state index contributed by atoms with van der Waals surface area (Å²) in [5, 5.41) is 4.48. The van der Waals surface area contributed by atoms with E-state index in [0.717, 1.165) is 22.5 Å². The minimum atomic E-state index is -3.49. The van der Waals surface area contributed by atoms with Crippen molar-refractivity contribution < 1.29 is 8.42 Å². The maximum absolute atomic E-state index is 12.3. The highest BCUT2D eigenvalue weighted by molar-refractivity contribution is 7.89. The van der Waals surface area contributed by atoms with Crippen molar-refractivity contribution in [3.63, 3.8) is 0 Å². The minimum Gasteiger partial charge on any atom is -0.265 e. The third-order valence-electron chi connectivity index (χ3n) is 4.00. The van der Waals surface area contributed by atoms with Gasteiger partial charge in [0, 0.05) is 12.2 Å². The Balaban J connectivity index is 2.11. The minimum absolute atomic E-state index is 0.0485. The van der Waals surface area contributed by atoms with Gasteiger partial charge in [0.25, 0.3) is 0 Å². The van der Waals surface area contributed by atoms with Gasteiger partial charge in [0.15, 0.2) is 0 Å². The Hall–Kier alpha value is -1.66. The van der Waals surface area contributed by atoms with E-state index in [4.69, 9.17) is 0 Å². The predicted molar refractivity (Wildman–Crippen MR) is 87.5 cm³/mol. The molecule has 5 nitrogen and oxygen atoms in total. The van der Waals surface area contributed by atoms with Crippen LogP contribution in [0.15, 0.2) is 29.2 Å². The quantitative estimate of drug-likeness (QED) is 0.921. The first kappa shape index (κ1) is 16.7. The van der Waals surface area contributed by atoms with E-state index in [1.165, 1.54) is 0 Å². The van der Waals surface area contributed by atoms with Gasteiger partial charge in [-0.15, -0.1) is 0 Å². The number of hydrogen-bond acceptors (Lipinski definition) is 3. The Labute approximate surface area is 132 Å². The zero-order valence-electron chi connectivity index (χ0n) is 13.7. The van der Waals surface area contributed by atoms with Crippen molar-refractivity contribution >= 4 is 10.0 Å². The van der Waals surface area contributed by atoms with Crippen LogP contribution in [0.5, 0.6) is 0 Å². The highest BCUT2D eigenvalue weighted by atomic mass is 32.2. The third-order valence-corrected chi connectivity index (χ3v) is 5.44. The Morgan fingerprint density at radius 1 is 1.14 bits per heavy atom. The van der Waals surface area contributed by atoms with Crippen LogP contribution in [0.25, 0.3) is 0 Å². The van der Waals surface area contributed by atoms with E-state index in [1.54, 1.807) is 24.3 Å². The molecular weight excluding hydrogens is 298 g/mol. The zero-order valence-corrected chi connectivity index (χ0v) is 14.5. The van der Waals surface area contributed by atoms with Gasteiger partial charge in [-0.25, -0.2) is 13.1 Å². The molecule has 22 heavy (non-hydrogen) atoms. The zero-order chi connectivity index (χ0) is 16.5. The molecule has 2 aromatic rings. The van der Waals surface area contributed by atoms with Crippen molar-refractivity contribution in [3.05, 3.63) is 46.8 Å². The van der Waals surface area contributed by atoms with Gasteiger partial charge in [-0.3, -0.25) is 4.68 Å². The van der Waals surface area contributed by atoms with Gasteiger partial charge < -0.3 is 0 Å². The van der Waals surface area contributed by atoms with Crippen LogP contribution in [-0.4, -0.2) is 24.7 Å². The van der Waals surface area contributed by atoms with Gasteiger partial charge in [-0.1, -0.05) is 17.7 Å². The van der Waals surface area contributed by atoms with E-state index >= 15 is 0 Å². The van der Waals surface area contributed by atoms with Gasteiger partial charge in [0.2, 0.25) is 10.0 Å². The van der Waals surface area contributed by atoms with Crippen LogP contribution in [0.1, 0.15) is 35.5 Å². The Bertz CT molecular complexity index is 761. The Morgan fingerprint density at radius 2 is 1.73 bits per heavy atom. The molecule has 0 amide bonds. The van der Waals surface area contributed by atoms with Gasteiger partial charge in [0.1, 0.15) is 0 Å². The lowest BCUT2D eigenvalue weighted by atomic mass is 10.2. The average molecular weight is 321 g/mol. The summed E-state index contributed by atoms with van der Waals surface area (Å²) in [5.74, 6) is 0. The molecule has 0 saturated heterocycles. The van der Waals surface area contributed by atoms with Gasteiger partial charge in [0.05, 0.1) is 16.6 Å². The molecule has 0 bridgehead atoms. The van der Waals surface area contributed by atoms with Crippen LogP contribution in [0.2, 0.25) is 0 Å². The summed E-state index contributed by atoms with van der Waals surface area (Å²) in [6, 6.07) is 6.78. The highest BCUT2D eigenvalue weighted by Gasteiger charge is 2.18. The standard InChI is InChI=1S/C16H23N3O2S/c1-11-6-8-16(9-7-11)22(20,21)17-10-12(2)19-15(5)13(3)14(4)18-19/h6-9,12,17H,10H2,1-5H3/t12-/m0/s1. The van der Waals surface area contributed by atoms with E-state index < -0.39 is 10.0 Å². The van der Waals surface area contributed by atoms with Crippen LogP contribution in [-0.2, 0) is 10.0 Å². The summed E-state index contributed by atoms with van der Waals surface area (Å²) in [5.41, 5.74) is 4.23. The van der Waals surface area contributed by atoms with Crippen molar-refractivity contribution in [2.45, 2.75) is 45.6 Å². The molecule has 1 aromatic heterocycles. The molecule has 1 aromatic carbocycles. The molecule has 0 aliphatic heterocycles. The van der Waals surface area contributed by atoms with Crippen molar-refractivity contribution in [1.29, 1.82) is 0 Å². The molecule has 0 aliphatic carbocycles. The monoisotopic (exact) mass is 321 g/mol. The van der Waals surface area contributed by atoms with E-state index in [0.29, 0.717) is 6.54 Å². The molecule has 2 rings (SSSR count). The molecule has 0 saturated carbocycles. The summed E-state index contributed by atoms with van der Waals surface area (Å²) in [4.78, 5) is 0.287. The van der Waals surface area contributed by atoms with Crippen LogP contribution < -0.4 is 4.72 Å². The number of aromatic nitrogens is 2. The molecule has 1 N–H and O–H groups in total. The van der Waals surface area contributed by atoms with E-state index in [1.807, 2.05) is 39.3 Å². The number of nitrogens with zero attached hydrogens (tertiary/aromatic N) is 2. The molecule has 1 atom stereocenters. The van der Waals surface area contributed by atoms with E-state index in [9.17, 15) is 8.42 Å². The average Bonchev–Trinajstić information content (AvgIpc) is 2.73. The van der Waals surface area contributed by atoms with Crippen LogP contribution in [0.4, 0.5) is 0 Å². The van der Waals surface area contributed by atoms with Crippen LogP contribution in [0, 0.1) is 27.7 Å². The Kier molecular flexibility index (Phi) is 4.72. The largest absolute Gasteiger partial charge is 0.265 e. The lowest BCUT2D eigenvalue weighted by molar-refractivity contribution is 0.467. The third kappa shape index (κ3) is 3.39. The number of benzene rings is 1. The molecule has 1 heterocycles. The fourth-order valence-electron chi connectivity index (χ4n) is 2.29. The number of sulfonamides is 1. The number of hydrogen-bond donors (Lipinski definition) is 1. The fourth-order valence-corrected chi connectivity index (χ4v) is 3.41. The highest BCUT2D eigenvalue weighted by Crippen LogP contribution is 2.16. The second kappa shape index (κ2) is 6.22. The summed E-state index contributed by atoms with van der Waals surface area (Å²) < 4.78 is 29.1. The van der Waals surface area contributed by atoms with Crippen molar-refractivity contribution in [2.24, 2.45) is 0 Å². The first-order valence-corrected chi connectivity index (χ1v) is 8.79. The van der Waals surface area contributed by atoms with E-state index in [-0.39, 0.29) is 10.9 Å². The second-order valence-electron chi connectivity index (χ2n) is 5.75. The van der Waals surface area contributed by atoms with Gasteiger partial charge in [-0.05, 0) is 52.3 Å². The molecule has 0 radical (unpaired) electrons. The lowest BCUT2D eigenvalue weighted by Gasteiger charge is -2.15. The molecule has 0 spiro atoms. The SMILES string of the molecule is Cc1ccc(S(=O)(=O)NC[C@H](C)n2nc(C)c(C)c2C)cc1. The summed E-state index contributed by atoms with van der Waals surface area (Å²) in [6.45, 7) is 10.2. The van der Waals surface area contributed by atoms with Gasteiger partial charge in [-0.2, -0.15) is 5.10 Å². The summed E-state index contributed by atoms with van der Waals surface area (Å²) in [6.07, 6.45) is 0. The number of aryl methyl sites for hydroxylation is 2. The maximum atomic E-state index is 12.3. The normalized spacial score (nSPS) is 13.3. The fraction of sp³-hybridized carbons (Fsp3) is 0.438. The molecule has 6 heteroatoms. The second-order valence-corrected chi connectivity index (χ2v) is 7.52. The molecule has 0 fully saturated rings. The molecular formula is C16H23N3O2S. The number of nitrogens with one attached hydrogen (secondary N) is 1. The van der Waals surface area contributed by atoms with E-state index in [2.05, 4.69) is 9.82 Å². The summed E-state index contributed by atoms with van der Waals surface area (Å²) >= 11 is 0. The molecule has 120 valence electrons. The van der Waals surface area contributed by atoms with Crippen molar-refractivity contribution in [3.8, 4) is 0 Å². The van der Waals surface area contributed by atoms with Crippen molar-refractivity contribution in [2.75, 3.05) is 6.54 Å². The first-order valence-electron chi connectivity index (χ1n) is 7.31.